The number of hydrogen-bond acceptors (Lipinski definition) is 18. The normalized spacial score (nSPS) is 27.5. The molecule has 0 saturated carbocycles. The van der Waals surface area contributed by atoms with Gasteiger partial charge in [-0.25, -0.2) is 0 Å². The number of hydrogen-bond donors (Lipinski definition) is 12. The van der Waals surface area contributed by atoms with Gasteiger partial charge in [-0.15, -0.1) is 0 Å². The number of aliphatic hydroxyl groups is 11. The quantitative estimate of drug-likeness (QED) is 0.0199. The number of ether oxygens (including phenoxy) is 6. The van der Waals surface area contributed by atoms with Crippen LogP contribution in [0.25, 0.3) is 0 Å². The molecule has 0 spiro atoms. The summed E-state index contributed by atoms with van der Waals surface area (Å²) in [6, 6.07) is -1.01. The van der Waals surface area contributed by atoms with Crippen molar-refractivity contribution in [3.8, 4) is 0 Å². The molecular formula is C78H133NO18. The maximum absolute atomic E-state index is 13.4. The second-order valence-electron chi connectivity index (χ2n) is 26.4. The maximum Gasteiger partial charge on any atom is 0.220 e. The van der Waals surface area contributed by atoms with Gasteiger partial charge in [-0.3, -0.25) is 4.79 Å². The molecular weight excluding hydrogens is 1240 g/mol. The third-order valence-electron chi connectivity index (χ3n) is 18.0. The first-order valence-corrected chi connectivity index (χ1v) is 37.6. The van der Waals surface area contributed by atoms with E-state index in [1.54, 1.807) is 6.08 Å². The number of nitrogens with one attached hydrogen (secondary N) is 1. The molecule has 3 aliphatic rings. The van der Waals surface area contributed by atoms with Crippen LogP contribution in [0.3, 0.4) is 0 Å². The lowest BCUT2D eigenvalue weighted by Crippen LogP contribution is -2.66. The van der Waals surface area contributed by atoms with E-state index in [-0.39, 0.29) is 18.9 Å². The predicted octanol–water partition coefficient (Wildman–Crippen LogP) is 11.4. The van der Waals surface area contributed by atoms with Crippen molar-refractivity contribution in [3.63, 3.8) is 0 Å². The Balaban J connectivity index is 1.44. The van der Waals surface area contributed by atoms with E-state index >= 15 is 0 Å². The second-order valence-corrected chi connectivity index (χ2v) is 26.4. The van der Waals surface area contributed by atoms with Gasteiger partial charge in [-0.1, -0.05) is 252 Å². The van der Waals surface area contributed by atoms with E-state index in [0.717, 1.165) is 103 Å². The van der Waals surface area contributed by atoms with Crippen LogP contribution in [0.2, 0.25) is 0 Å². The van der Waals surface area contributed by atoms with Crippen LogP contribution in [0.5, 0.6) is 0 Å². The summed E-state index contributed by atoms with van der Waals surface area (Å²) in [5.41, 5.74) is 0. The highest BCUT2D eigenvalue weighted by Gasteiger charge is 2.53. The van der Waals surface area contributed by atoms with Crippen molar-refractivity contribution in [2.24, 2.45) is 0 Å². The van der Waals surface area contributed by atoms with Crippen molar-refractivity contribution in [1.82, 2.24) is 5.32 Å². The Bertz CT molecular complexity index is 2180. The summed E-state index contributed by atoms with van der Waals surface area (Å²) in [5, 5.41) is 121. The Morgan fingerprint density at radius 1 is 0.381 bits per heavy atom. The van der Waals surface area contributed by atoms with Gasteiger partial charge in [0.15, 0.2) is 18.9 Å². The van der Waals surface area contributed by atoms with E-state index in [9.17, 15) is 61.0 Å². The molecule has 3 heterocycles. The van der Waals surface area contributed by atoms with Gasteiger partial charge >= 0.3 is 0 Å². The molecule has 3 aliphatic heterocycles. The zero-order chi connectivity index (χ0) is 70.4. The van der Waals surface area contributed by atoms with Crippen LogP contribution >= 0.6 is 0 Å². The van der Waals surface area contributed by atoms with E-state index in [0.29, 0.717) is 12.8 Å². The molecule has 17 atom stereocenters. The molecule has 19 nitrogen and oxygen atoms in total. The number of allylic oxidation sites excluding steroid dienone is 17. The topological polar surface area (TPSA) is 307 Å². The van der Waals surface area contributed by atoms with Gasteiger partial charge in [-0.05, 0) is 96.3 Å². The first kappa shape index (κ1) is 87.7. The zero-order valence-corrected chi connectivity index (χ0v) is 59.3. The van der Waals surface area contributed by atoms with Crippen LogP contribution in [0.15, 0.2) is 109 Å². The van der Waals surface area contributed by atoms with E-state index in [1.165, 1.54) is 109 Å². The van der Waals surface area contributed by atoms with Crippen molar-refractivity contribution >= 4 is 5.91 Å². The van der Waals surface area contributed by atoms with Gasteiger partial charge in [0, 0.05) is 6.42 Å². The van der Waals surface area contributed by atoms with E-state index in [2.05, 4.69) is 116 Å². The van der Waals surface area contributed by atoms with Gasteiger partial charge in [-0.2, -0.15) is 0 Å². The Kier molecular flexibility index (Phi) is 52.4. The lowest BCUT2D eigenvalue weighted by atomic mass is 9.96. The average Bonchev–Trinajstić information content (AvgIpc) is 0.797. The van der Waals surface area contributed by atoms with Crippen LogP contribution in [-0.4, -0.2) is 193 Å². The molecule has 97 heavy (non-hydrogen) atoms. The third-order valence-corrected chi connectivity index (χ3v) is 18.0. The Hall–Kier alpha value is -3.55. The molecule has 17 unspecified atom stereocenters. The minimum Gasteiger partial charge on any atom is -0.394 e. The molecule has 3 saturated heterocycles. The predicted molar refractivity (Wildman–Crippen MR) is 383 cm³/mol. The number of aliphatic hydroxyl groups excluding tert-OH is 11. The Morgan fingerprint density at radius 3 is 1.15 bits per heavy atom. The maximum atomic E-state index is 13.4. The summed E-state index contributed by atoms with van der Waals surface area (Å²) in [4.78, 5) is 13.4. The van der Waals surface area contributed by atoms with E-state index in [4.69, 9.17) is 28.4 Å². The van der Waals surface area contributed by atoms with Crippen LogP contribution in [0, 0.1) is 0 Å². The van der Waals surface area contributed by atoms with Crippen molar-refractivity contribution < 1.29 is 89.4 Å². The average molecular weight is 1370 g/mol. The van der Waals surface area contributed by atoms with Crippen LogP contribution < -0.4 is 5.32 Å². The molecule has 0 aromatic carbocycles. The van der Waals surface area contributed by atoms with Crippen LogP contribution in [0.1, 0.15) is 245 Å². The SMILES string of the molecule is CC/C=C\C/C=C\C/C=C\C/C=C\C/C=C\C/C=C\CCCCCCCCC(=O)NC(COC1OC(CO)C(OC2OC(CO)C(OC3OC(CO)C(O)C(O)C3O)C(O)C2O)C(O)C1O)C(O)/C=C/CC/C=C/CC/C=C/CCCCCCCCCCCCCCCCCCC. The van der Waals surface area contributed by atoms with Crippen molar-refractivity contribution in [3.05, 3.63) is 109 Å². The van der Waals surface area contributed by atoms with Gasteiger partial charge in [0.05, 0.1) is 38.6 Å². The highest BCUT2D eigenvalue weighted by molar-refractivity contribution is 5.76. The molecule has 0 aliphatic carbocycles. The number of carbonyl (C=O) groups excluding carboxylic acids is 1. The fourth-order valence-corrected chi connectivity index (χ4v) is 12.0. The standard InChI is InChI=1S/C78H133NO18/c1-3-5-7-9-11-13-15-17-19-21-23-25-27-29-30-32-33-35-37-39-41-43-45-47-49-51-53-55-62(83)61(79-66(84)56-54-52-50-48-46-44-42-40-38-36-34-31-28-26-24-22-20-18-16-14-12-10-8-6-4-2)60-92-76-72(90)69(87)74(64(58-81)94-76)97-78-73(91)70(88)75(65(59-82)95-78)96-77-71(89)68(86)67(85)63(57-80)93-77/h6,8,12,14,18,20,24,26,31,34,37-40,45,47,53,55,61-65,67-78,80-83,85-91H,3-5,7,9-11,13,15-17,19,21-23,25,27-30,32-33,35-36,41-44,46,48-52,54,56-60H2,1-2H3,(H,79,84)/b8-6-,14-12-,20-18-,26-24-,34-31-,39-37+,40-38-,47-45+,55-53+. The zero-order valence-electron chi connectivity index (χ0n) is 59.3. The second kappa shape index (κ2) is 58.0. The highest BCUT2D eigenvalue weighted by atomic mass is 16.8. The van der Waals surface area contributed by atoms with Gasteiger partial charge in [0.1, 0.15) is 73.2 Å². The Labute approximate surface area is 583 Å². The first-order valence-electron chi connectivity index (χ1n) is 37.6. The molecule has 12 N–H and O–H groups in total. The summed E-state index contributed by atoms with van der Waals surface area (Å²) < 4.78 is 34.4. The molecule has 3 fully saturated rings. The highest BCUT2D eigenvalue weighted by Crippen LogP contribution is 2.33. The minimum atomic E-state index is -1.99. The fourth-order valence-electron chi connectivity index (χ4n) is 12.0. The van der Waals surface area contributed by atoms with Crippen LogP contribution in [0.4, 0.5) is 0 Å². The van der Waals surface area contributed by atoms with Crippen molar-refractivity contribution in [2.45, 2.75) is 349 Å². The molecule has 0 bridgehead atoms. The summed E-state index contributed by atoms with van der Waals surface area (Å²) in [6.45, 7) is 1.59. The van der Waals surface area contributed by atoms with Gasteiger partial charge in [0.25, 0.3) is 0 Å². The van der Waals surface area contributed by atoms with Crippen molar-refractivity contribution in [2.75, 3.05) is 26.4 Å². The monoisotopic (exact) mass is 1370 g/mol. The summed E-state index contributed by atoms with van der Waals surface area (Å²) in [7, 11) is 0. The smallest absolute Gasteiger partial charge is 0.220 e. The molecule has 0 radical (unpaired) electrons. The Morgan fingerprint density at radius 2 is 0.722 bits per heavy atom. The number of unbranched alkanes of at least 4 members (excludes halogenated alkanes) is 25. The lowest BCUT2D eigenvalue weighted by Gasteiger charge is -2.48. The fraction of sp³-hybridized carbons (Fsp3) is 0.756. The van der Waals surface area contributed by atoms with Gasteiger partial charge in [0.2, 0.25) is 5.91 Å². The summed E-state index contributed by atoms with van der Waals surface area (Å²) in [6.07, 6.45) is 52.1. The first-order chi connectivity index (χ1) is 47.3. The summed E-state index contributed by atoms with van der Waals surface area (Å²) in [5.74, 6) is -0.307. The number of carbonyl (C=O) groups is 1. The third kappa shape index (κ3) is 38.9. The van der Waals surface area contributed by atoms with Crippen LogP contribution in [-0.2, 0) is 33.2 Å². The number of rotatable bonds is 57. The van der Waals surface area contributed by atoms with E-state index < -0.39 is 124 Å². The van der Waals surface area contributed by atoms with E-state index in [1.807, 2.05) is 6.08 Å². The summed E-state index contributed by atoms with van der Waals surface area (Å²) >= 11 is 0. The van der Waals surface area contributed by atoms with Crippen molar-refractivity contribution in [1.29, 1.82) is 0 Å². The molecule has 0 aromatic rings. The molecule has 558 valence electrons. The molecule has 1 amide bonds. The molecule has 0 aromatic heterocycles. The van der Waals surface area contributed by atoms with Gasteiger partial charge < -0.3 is 89.9 Å². The molecule has 3 rings (SSSR count). The lowest BCUT2D eigenvalue weighted by molar-refractivity contribution is -0.379. The minimum absolute atomic E-state index is 0.208. The molecule has 19 heteroatoms. The largest absolute Gasteiger partial charge is 0.394 e. The number of amides is 1.